The van der Waals surface area contributed by atoms with Crippen molar-refractivity contribution >= 4 is 11.6 Å². The van der Waals surface area contributed by atoms with Gasteiger partial charge < -0.3 is 20.1 Å². The molecular weight excluding hydrogens is 370 g/mol. The minimum atomic E-state index is 0.174. The van der Waals surface area contributed by atoms with Crippen LogP contribution >= 0.6 is 0 Å². The minimum Gasteiger partial charge on any atom is -0.496 e. The summed E-state index contributed by atoms with van der Waals surface area (Å²) >= 11 is 0. The number of benzene rings is 1. The van der Waals surface area contributed by atoms with Crippen LogP contribution < -0.4 is 20.1 Å². The molecule has 2 aromatic heterocycles. The molecule has 29 heavy (non-hydrogen) atoms. The predicted octanol–water partition coefficient (Wildman–Crippen LogP) is 2.62. The molecule has 3 aromatic rings. The molecule has 0 bridgehead atoms. The molecule has 1 aliphatic rings. The van der Waals surface area contributed by atoms with E-state index in [-0.39, 0.29) is 11.8 Å². The van der Waals surface area contributed by atoms with Crippen molar-refractivity contribution in [2.24, 2.45) is 0 Å². The summed E-state index contributed by atoms with van der Waals surface area (Å²) in [6, 6.07) is 10.0. The van der Waals surface area contributed by atoms with Gasteiger partial charge in [-0.25, -0.2) is 9.97 Å². The van der Waals surface area contributed by atoms with Crippen LogP contribution in [0.4, 0.5) is 11.6 Å². The monoisotopic (exact) mass is 391 g/mol. The van der Waals surface area contributed by atoms with Crippen molar-refractivity contribution < 1.29 is 9.47 Å². The molecule has 1 aliphatic carbocycles. The van der Waals surface area contributed by atoms with Crippen LogP contribution in [0, 0.1) is 11.3 Å². The SMILES string of the molecule is CN[C@H]1C[C@H](Oc2cccc(OC)c2-c2cc(Nc3cnc(C#N)cn3)n[nH]2)C1. The predicted molar refractivity (Wildman–Crippen MR) is 107 cm³/mol. The maximum atomic E-state index is 8.82. The van der Waals surface area contributed by atoms with Crippen LogP contribution in [-0.2, 0) is 0 Å². The summed E-state index contributed by atoms with van der Waals surface area (Å²) in [4.78, 5) is 8.14. The summed E-state index contributed by atoms with van der Waals surface area (Å²) in [7, 11) is 3.60. The first-order valence-electron chi connectivity index (χ1n) is 9.26. The van der Waals surface area contributed by atoms with E-state index >= 15 is 0 Å². The first-order chi connectivity index (χ1) is 14.2. The average Bonchev–Trinajstić information content (AvgIpc) is 3.18. The number of ether oxygens (including phenoxy) is 2. The van der Waals surface area contributed by atoms with Gasteiger partial charge in [-0.05, 0) is 32.0 Å². The Bertz CT molecular complexity index is 1020. The molecular formula is C20H21N7O2. The van der Waals surface area contributed by atoms with Crippen molar-refractivity contribution in [3.8, 4) is 28.8 Å². The number of nitrogens with one attached hydrogen (secondary N) is 3. The highest BCUT2D eigenvalue weighted by Crippen LogP contribution is 2.40. The second kappa shape index (κ2) is 8.16. The van der Waals surface area contributed by atoms with Gasteiger partial charge in [-0.3, -0.25) is 5.10 Å². The summed E-state index contributed by atoms with van der Waals surface area (Å²) in [6.45, 7) is 0. The van der Waals surface area contributed by atoms with E-state index in [0.29, 0.717) is 23.4 Å². The van der Waals surface area contributed by atoms with Gasteiger partial charge in [-0.2, -0.15) is 10.4 Å². The molecule has 0 aliphatic heterocycles. The number of H-pyrrole nitrogens is 1. The first kappa shape index (κ1) is 18.7. The number of hydrogen-bond acceptors (Lipinski definition) is 8. The number of nitrogens with zero attached hydrogens (tertiary/aromatic N) is 4. The van der Waals surface area contributed by atoms with Gasteiger partial charge in [0.1, 0.15) is 29.5 Å². The number of aromatic amines is 1. The Balaban J connectivity index is 1.56. The topological polar surface area (TPSA) is 121 Å². The molecule has 1 aromatic carbocycles. The number of aromatic nitrogens is 4. The summed E-state index contributed by atoms with van der Waals surface area (Å²) in [5.74, 6) is 2.50. The van der Waals surface area contributed by atoms with Crippen molar-refractivity contribution in [3.63, 3.8) is 0 Å². The molecule has 0 saturated heterocycles. The van der Waals surface area contributed by atoms with Crippen LogP contribution in [0.5, 0.6) is 11.5 Å². The summed E-state index contributed by atoms with van der Waals surface area (Å²) in [5.41, 5.74) is 1.83. The van der Waals surface area contributed by atoms with Crippen molar-refractivity contribution in [1.82, 2.24) is 25.5 Å². The second-order valence-electron chi connectivity index (χ2n) is 6.72. The largest absolute Gasteiger partial charge is 0.496 e. The highest BCUT2D eigenvalue weighted by Gasteiger charge is 2.30. The van der Waals surface area contributed by atoms with E-state index < -0.39 is 0 Å². The molecule has 0 unspecified atom stereocenters. The number of methoxy groups -OCH3 is 1. The lowest BCUT2D eigenvalue weighted by Gasteiger charge is -2.35. The lowest BCUT2D eigenvalue weighted by molar-refractivity contribution is 0.0888. The van der Waals surface area contributed by atoms with Crippen LogP contribution in [0.25, 0.3) is 11.3 Å². The van der Waals surface area contributed by atoms with E-state index in [0.717, 1.165) is 29.8 Å². The van der Waals surface area contributed by atoms with Crippen LogP contribution in [-0.4, -0.2) is 46.5 Å². The Morgan fingerprint density at radius 2 is 2.00 bits per heavy atom. The Hall–Kier alpha value is -3.64. The second-order valence-corrected chi connectivity index (χ2v) is 6.72. The lowest BCUT2D eigenvalue weighted by atomic mass is 9.89. The quantitative estimate of drug-likeness (QED) is 0.562. The summed E-state index contributed by atoms with van der Waals surface area (Å²) < 4.78 is 11.8. The van der Waals surface area contributed by atoms with Crippen molar-refractivity contribution in [2.45, 2.75) is 25.0 Å². The van der Waals surface area contributed by atoms with E-state index in [2.05, 4.69) is 30.8 Å². The van der Waals surface area contributed by atoms with E-state index in [1.54, 1.807) is 7.11 Å². The molecule has 0 atom stereocenters. The standard InChI is InChI=1S/C20H21N7O2/c1-22-12-6-14(7-12)29-17-5-3-4-16(28-2)20(17)15-8-18(27-26-15)25-19-11-23-13(9-21)10-24-19/h3-5,8,10-12,14,22H,6-7H2,1-2H3,(H2,24,25,26,27)/t12-,14-. The molecule has 4 rings (SSSR count). The third kappa shape index (κ3) is 3.97. The van der Waals surface area contributed by atoms with E-state index in [4.69, 9.17) is 14.7 Å². The summed E-state index contributed by atoms with van der Waals surface area (Å²) in [6.07, 6.45) is 5.01. The molecule has 1 saturated carbocycles. The molecule has 148 valence electrons. The van der Waals surface area contributed by atoms with Gasteiger partial charge in [0.15, 0.2) is 11.5 Å². The van der Waals surface area contributed by atoms with Crippen LogP contribution in [0.2, 0.25) is 0 Å². The molecule has 9 heteroatoms. The molecule has 9 nitrogen and oxygen atoms in total. The highest BCUT2D eigenvalue weighted by molar-refractivity contribution is 5.76. The van der Waals surface area contributed by atoms with Crippen LogP contribution in [0.1, 0.15) is 18.5 Å². The fourth-order valence-corrected chi connectivity index (χ4v) is 3.22. The number of hydrogen-bond donors (Lipinski definition) is 3. The maximum absolute atomic E-state index is 8.82. The third-order valence-electron chi connectivity index (χ3n) is 4.87. The molecule has 0 spiro atoms. The fourth-order valence-electron chi connectivity index (χ4n) is 3.22. The molecule has 1 fully saturated rings. The Morgan fingerprint density at radius 1 is 1.17 bits per heavy atom. The fraction of sp³-hybridized carbons (Fsp3) is 0.300. The van der Waals surface area contributed by atoms with Crippen molar-refractivity contribution in [2.75, 3.05) is 19.5 Å². The van der Waals surface area contributed by atoms with Gasteiger partial charge >= 0.3 is 0 Å². The number of nitriles is 1. The number of anilines is 2. The Kier molecular flexibility index (Phi) is 5.27. The van der Waals surface area contributed by atoms with Gasteiger partial charge in [0, 0.05) is 12.1 Å². The smallest absolute Gasteiger partial charge is 0.158 e. The van der Waals surface area contributed by atoms with Crippen LogP contribution in [0.15, 0.2) is 36.7 Å². The zero-order valence-corrected chi connectivity index (χ0v) is 16.1. The Labute approximate surface area is 168 Å². The van der Waals surface area contributed by atoms with Gasteiger partial charge in [-0.15, -0.1) is 0 Å². The molecule has 3 N–H and O–H groups in total. The van der Waals surface area contributed by atoms with Crippen molar-refractivity contribution in [1.29, 1.82) is 5.26 Å². The Morgan fingerprint density at radius 3 is 2.69 bits per heavy atom. The molecule has 2 heterocycles. The normalized spacial score (nSPS) is 17.8. The average molecular weight is 391 g/mol. The van der Waals surface area contributed by atoms with E-state index in [1.165, 1.54) is 12.4 Å². The lowest BCUT2D eigenvalue weighted by Crippen LogP contribution is -2.45. The van der Waals surface area contributed by atoms with E-state index in [1.807, 2.05) is 37.4 Å². The van der Waals surface area contributed by atoms with Gasteiger partial charge in [-0.1, -0.05) is 6.07 Å². The van der Waals surface area contributed by atoms with E-state index in [9.17, 15) is 0 Å². The van der Waals surface area contributed by atoms with Gasteiger partial charge in [0.05, 0.1) is 30.8 Å². The maximum Gasteiger partial charge on any atom is 0.158 e. The van der Waals surface area contributed by atoms with Crippen LogP contribution in [0.3, 0.4) is 0 Å². The first-order valence-corrected chi connectivity index (χ1v) is 9.26. The minimum absolute atomic E-state index is 0.174. The summed E-state index contributed by atoms with van der Waals surface area (Å²) in [5, 5.41) is 22.5. The van der Waals surface area contributed by atoms with Crippen molar-refractivity contribution in [3.05, 3.63) is 42.4 Å². The third-order valence-corrected chi connectivity index (χ3v) is 4.87. The van der Waals surface area contributed by atoms with Gasteiger partial charge in [0.2, 0.25) is 0 Å². The number of rotatable bonds is 7. The highest BCUT2D eigenvalue weighted by atomic mass is 16.5. The zero-order valence-electron chi connectivity index (χ0n) is 16.1. The molecule has 0 radical (unpaired) electrons. The van der Waals surface area contributed by atoms with Gasteiger partial charge in [0.25, 0.3) is 0 Å². The zero-order chi connectivity index (χ0) is 20.2. The molecule has 0 amide bonds.